The third-order valence-corrected chi connectivity index (χ3v) is 7.49. The van der Waals surface area contributed by atoms with Gasteiger partial charge in [-0.15, -0.1) is 11.8 Å². The van der Waals surface area contributed by atoms with Crippen LogP contribution in [0.5, 0.6) is 0 Å². The largest absolute Gasteiger partial charge is 0.444 e. The molecule has 3 aromatic rings. The molecule has 2 amide bonds. The zero-order valence-electron chi connectivity index (χ0n) is 17.7. The Morgan fingerprint density at radius 1 is 1.09 bits per heavy atom. The van der Waals surface area contributed by atoms with Crippen molar-refractivity contribution in [3.05, 3.63) is 64.4 Å². The number of amides is 2. The number of nitrogens with zero attached hydrogens (tertiary/aromatic N) is 2. The summed E-state index contributed by atoms with van der Waals surface area (Å²) in [6, 6.07) is 15.3. The quantitative estimate of drug-likeness (QED) is 0.605. The maximum Gasteiger partial charge on any atom is 0.414 e. The number of hydrogen-bond donors (Lipinski definition) is 2. The van der Waals surface area contributed by atoms with Gasteiger partial charge in [-0.2, -0.15) is 0 Å². The number of nitrogens with one attached hydrogen (secondary N) is 2. The van der Waals surface area contributed by atoms with Crippen LogP contribution < -0.4 is 21.1 Å². The van der Waals surface area contributed by atoms with Crippen LogP contribution in [0.3, 0.4) is 0 Å². The molecule has 3 aliphatic heterocycles. The molecule has 0 radical (unpaired) electrons. The number of cyclic esters (lactones) is 1. The fraction of sp³-hybridized carbons (Fsp3) is 0.292. The molecule has 6 rings (SSSR count). The number of para-hydroxylation sites is 1. The van der Waals surface area contributed by atoms with Gasteiger partial charge in [0.05, 0.1) is 29.5 Å². The van der Waals surface area contributed by atoms with E-state index in [9.17, 15) is 14.4 Å². The maximum absolute atomic E-state index is 12.5. The van der Waals surface area contributed by atoms with Gasteiger partial charge >= 0.3 is 6.09 Å². The van der Waals surface area contributed by atoms with Crippen molar-refractivity contribution in [3.63, 3.8) is 0 Å². The lowest BCUT2D eigenvalue weighted by Crippen LogP contribution is -2.29. The van der Waals surface area contributed by atoms with Crippen molar-refractivity contribution < 1.29 is 14.3 Å². The van der Waals surface area contributed by atoms with Crippen molar-refractivity contribution in [1.29, 1.82) is 0 Å². The van der Waals surface area contributed by atoms with E-state index in [-0.39, 0.29) is 29.7 Å². The molecule has 2 N–H and O–H groups in total. The van der Waals surface area contributed by atoms with Crippen LogP contribution in [0.4, 0.5) is 16.2 Å². The van der Waals surface area contributed by atoms with E-state index in [1.54, 1.807) is 11.0 Å². The molecule has 2 atom stereocenters. The second-order valence-corrected chi connectivity index (χ2v) is 9.51. The van der Waals surface area contributed by atoms with Gasteiger partial charge in [0.15, 0.2) is 0 Å². The van der Waals surface area contributed by atoms with E-state index in [0.717, 1.165) is 27.0 Å². The Balaban J connectivity index is 1.10. The summed E-state index contributed by atoms with van der Waals surface area (Å²) >= 11 is 1.49. The predicted octanol–water partition coefficient (Wildman–Crippen LogP) is 3.11. The lowest BCUT2D eigenvalue weighted by Gasteiger charge is -2.20. The molecule has 1 fully saturated rings. The number of thioether (sulfide) groups is 1. The van der Waals surface area contributed by atoms with Crippen molar-refractivity contribution in [3.8, 4) is 0 Å². The number of aromatic nitrogens is 1. The highest BCUT2D eigenvalue weighted by molar-refractivity contribution is 8.00. The minimum atomic E-state index is -0.376. The van der Waals surface area contributed by atoms with Gasteiger partial charge in [-0.3, -0.25) is 14.5 Å². The van der Waals surface area contributed by atoms with Crippen LogP contribution in [0.2, 0.25) is 0 Å². The molecule has 9 heteroatoms. The van der Waals surface area contributed by atoms with E-state index < -0.39 is 0 Å². The Morgan fingerprint density at radius 3 is 2.91 bits per heavy atom. The Labute approximate surface area is 193 Å². The Hall–Kier alpha value is -3.30. The molecular formula is C24H22N4O4S. The molecule has 0 saturated carbocycles. The molecule has 0 bridgehead atoms. The first-order chi connectivity index (χ1) is 16.1. The molecule has 3 aliphatic rings. The molecule has 2 aromatic carbocycles. The van der Waals surface area contributed by atoms with Gasteiger partial charge in [0.2, 0.25) is 5.91 Å². The Kier molecular flexibility index (Phi) is 4.88. The SMILES string of the molecule is O=C1CSc2ccc(N3C[C@H](CCN[C@@H]4Cn5c(=O)ccc6cccc4c65)OC3=O)cc2N1. The number of carbonyl (C=O) groups excluding carboxylic acids is 2. The number of ether oxygens (including phenoxy) is 1. The third-order valence-electron chi connectivity index (χ3n) is 6.42. The van der Waals surface area contributed by atoms with E-state index in [1.807, 2.05) is 41.0 Å². The maximum atomic E-state index is 12.5. The predicted molar refractivity (Wildman–Crippen MR) is 127 cm³/mol. The number of carbonyl (C=O) groups is 2. The van der Waals surface area contributed by atoms with Crippen molar-refractivity contribution in [2.45, 2.75) is 30.0 Å². The highest BCUT2D eigenvalue weighted by Crippen LogP contribution is 2.36. The van der Waals surface area contributed by atoms with Gasteiger partial charge < -0.3 is 19.9 Å². The minimum Gasteiger partial charge on any atom is -0.444 e. The topological polar surface area (TPSA) is 92.7 Å². The normalized spacial score (nSPS) is 21.3. The molecular weight excluding hydrogens is 440 g/mol. The number of rotatable bonds is 5. The summed E-state index contributed by atoms with van der Waals surface area (Å²) in [6.07, 6.45) is 0.0592. The van der Waals surface area contributed by atoms with Crippen LogP contribution in [0, 0.1) is 0 Å². The van der Waals surface area contributed by atoms with Gasteiger partial charge in [-0.25, -0.2) is 4.79 Å². The van der Waals surface area contributed by atoms with Crippen LogP contribution in [0.25, 0.3) is 10.9 Å². The lowest BCUT2D eigenvalue weighted by molar-refractivity contribution is -0.113. The lowest BCUT2D eigenvalue weighted by atomic mass is 10.1. The molecule has 0 aliphatic carbocycles. The average Bonchev–Trinajstić information content (AvgIpc) is 3.38. The molecule has 33 heavy (non-hydrogen) atoms. The molecule has 1 aromatic heterocycles. The molecule has 0 unspecified atom stereocenters. The molecule has 168 valence electrons. The summed E-state index contributed by atoms with van der Waals surface area (Å²) in [6.45, 7) is 1.72. The fourth-order valence-corrected chi connectivity index (χ4v) is 5.63. The monoisotopic (exact) mass is 462 g/mol. The highest BCUT2D eigenvalue weighted by atomic mass is 32.2. The van der Waals surface area contributed by atoms with E-state index in [0.29, 0.717) is 37.5 Å². The Bertz CT molecular complexity index is 1350. The van der Waals surface area contributed by atoms with Crippen LogP contribution in [0.1, 0.15) is 18.0 Å². The van der Waals surface area contributed by atoms with E-state index in [2.05, 4.69) is 16.7 Å². The molecule has 4 heterocycles. The second kappa shape index (κ2) is 7.93. The number of hydrogen-bond acceptors (Lipinski definition) is 6. The minimum absolute atomic E-state index is 0.0132. The van der Waals surface area contributed by atoms with Gasteiger partial charge in [0.25, 0.3) is 5.56 Å². The standard InChI is InChI=1S/C24H22N4O4S/c29-21-13-33-20-6-5-15(10-18(20)26-21)27-11-16(32-24(27)31)8-9-25-19-12-28-22(30)7-4-14-2-1-3-17(19)23(14)28/h1-7,10,16,19,25H,8-9,11-13H2,(H,26,29)/t16-,19+/m0/s1. The van der Waals surface area contributed by atoms with Crippen molar-refractivity contribution in [2.24, 2.45) is 0 Å². The van der Waals surface area contributed by atoms with Gasteiger partial charge in [-0.1, -0.05) is 18.2 Å². The fourth-order valence-electron chi connectivity index (χ4n) is 4.85. The number of pyridine rings is 1. The van der Waals surface area contributed by atoms with Crippen LogP contribution in [-0.4, -0.2) is 41.5 Å². The first-order valence-electron chi connectivity index (χ1n) is 11.0. The van der Waals surface area contributed by atoms with Gasteiger partial charge in [0, 0.05) is 23.2 Å². The summed E-state index contributed by atoms with van der Waals surface area (Å²) in [5, 5.41) is 7.47. The first-order valence-corrected chi connectivity index (χ1v) is 12.0. The zero-order chi connectivity index (χ0) is 22.5. The summed E-state index contributed by atoms with van der Waals surface area (Å²) in [5.74, 6) is 0.368. The third kappa shape index (κ3) is 3.57. The van der Waals surface area contributed by atoms with E-state index in [1.165, 1.54) is 11.8 Å². The number of anilines is 2. The summed E-state index contributed by atoms with van der Waals surface area (Å²) in [5.41, 5.74) is 3.59. The van der Waals surface area contributed by atoms with Gasteiger partial charge in [0.1, 0.15) is 6.10 Å². The highest BCUT2D eigenvalue weighted by Gasteiger charge is 2.33. The van der Waals surface area contributed by atoms with Crippen LogP contribution in [0.15, 0.2) is 58.2 Å². The van der Waals surface area contributed by atoms with Crippen molar-refractivity contribution >= 4 is 46.0 Å². The van der Waals surface area contributed by atoms with E-state index >= 15 is 0 Å². The summed E-state index contributed by atoms with van der Waals surface area (Å²) in [7, 11) is 0. The number of benzene rings is 2. The molecule has 8 nitrogen and oxygen atoms in total. The average molecular weight is 463 g/mol. The van der Waals surface area contributed by atoms with Crippen molar-refractivity contribution in [1.82, 2.24) is 9.88 Å². The van der Waals surface area contributed by atoms with Gasteiger partial charge in [-0.05, 0) is 48.2 Å². The van der Waals surface area contributed by atoms with Crippen molar-refractivity contribution in [2.75, 3.05) is 29.1 Å². The number of fused-ring (bicyclic) bond motifs is 1. The second-order valence-electron chi connectivity index (χ2n) is 8.50. The first kappa shape index (κ1) is 20.3. The Morgan fingerprint density at radius 2 is 2.00 bits per heavy atom. The van der Waals surface area contributed by atoms with Crippen LogP contribution >= 0.6 is 11.8 Å². The summed E-state index contributed by atoms with van der Waals surface area (Å²) in [4.78, 5) is 39.1. The zero-order valence-corrected chi connectivity index (χ0v) is 18.6. The molecule has 1 saturated heterocycles. The smallest absolute Gasteiger partial charge is 0.414 e. The van der Waals surface area contributed by atoms with Crippen LogP contribution in [-0.2, 0) is 16.1 Å². The van der Waals surface area contributed by atoms with E-state index in [4.69, 9.17) is 4.74 Å². The summed E-state index contributed by atoms with van der Waals surface area (Å²) < 4.78 is 7.42. The molecule has 0 spiro atoms.